The molecule has 0 aliphatic heterocycles. The predicted octanol–water partition coefficient (Wildman–Crippen LogP) is 21.4. The molecule has 0 unspecified atom stereocenters. The molecule has 1 heterocycles. The zero-order valence-electron chi connectivity index (χ0n) is 43.3. The smallest absolute Gasteiger partial charge is 0.0713 e. The van der Waals surface area contributed by atoms with Gasteiger partial charge >= 0.3 is 0 Å². The Morgan fingerprint density at radius 1 is 0.266 bits per heavy atom. The average Bonchev–Trinajstić information content (AvgIpc) is 3.63. The summed E-state index contributed by atoms with van der Waals surface area (Å²) < 4.78 is 2.62. The third-order valence-corrected chi connectivity index (χ3v) is 17.5. The van der Waals surface area contributed by atoms with Gasteiger partial charge in [-0.25, -0.2) is 0 Å². The fourth-order valence-corrected chi connectivity index (χ4v) is 13.8. The predicted molar refractivity (Wildman–Crippen MR) is 336 cm³/mol. The van der Waals surface area contributed by atoms with Crippen molar-refractivity contribution in [3.8, 4) is 66.8 Å². The molecule has 1 nitrogen and oxygen atoms in total. The minimum Gasteiger partial charge on any atom is -0.311 e. The number of hydrogen-bond donors (Lipinski definition) is 0. The Morgan fingerprint density at radius 2 is 0.709 bits per heavy atom. The van der Waals surface area contributed by atoms with E-state index >= 15 is 0 Å². The molecule has 0 amide bonds. The molecule has 13 aromatic carbocycles. The van der Waals surface area contributed by atoms with Crippen LogP contribution in [0.3, 0.4) is 0 Å². The van der Waals surface area contributed by atoms with Crippen LogP contribution in [-0.4, -0.2) is 0 Å². The van der Waals surface area contributed by atoms with Crippen molar-refractivity contribution in [3.63, 3.8) is 0 Å². The molecule has 0 radical (unpaired) electrons. The van der Waals surface area contributed by atoms with Crippen molar-refractivity contribution in [2.75, 3.05) is 4.90 Å². The quantitative estimate of drug-likeness (QED) is 0.132. The summed E-state index contributed by atoms with van der Waals surface area (Å²) in [5, 5.41) is 5.14. The molecule has 15 rings (SSSR count). The second-order valence-electron chi connectivity index (χ2n) is 20.7. The molecule has 0 atom stereocenters. The Balaban J connectivity index is 0.795. The first-order valence-corrected chi connectivity index (χ1v) is 28.0. The van der Waals surface area contributed by atoms with Gasteiger partial charge in [-0.05, 0) is 160 Å². The van der Waals surface area contributed by atoms with Crippen LogP contribution >= 0.6 is 11.3 Å². The normalized spacial score (nSPS) is 12.4. The zero-order valence-corrected chi connectivity index (χ0v) is 44.1. The van der Waals surface area contributed by atoms with Gasteiger partial charge in [0.2, 0.25) is 0 Å². The van der Waals surface area contributed by atoms with Crippen LogP contribution < -0.4 is 4.90 Å². The summed E-state index contributed by atoms with van der Waals surface area (Å²) >= 11 is 1.86. The third-order valence-electron chi connectivity index (χ3n) is 16.4. The SMILES string of the molecule is c1ccc(C2(c3ccccc3)c3ccccc3-c3c(-c4ccc(N(c5ccc(-c6ccc(-c7cccc(-c8ccc9ccccc9c8)c7)cc6)cc5)c5ccc(-c6cccc7sc8ccccc8c67)cc5)cc4)cccc32)cc1. The van der Waals surface area contributed by atoms with Gasteiger partial charge in [0.05, 0.1) is 5.41 Å². The lowest BCUT2D eigenvalue weighted by Crippen LogP contribution is -2.28. The van der Waals surface area contributed by atoms with E-state index in [1.165, 1.54) is 120 Å². The van der Waals surface area contributed by atoms with E-state index in [1.807, 2.05) is 11.3 Å². The molecule has 370 valence electrons. The van der Waals surface area contributed by atoms with Crippen molar-refractivity contribution in [1.82, 2.24) is 0 Å². The molecule has 0 fully saturated rings. The van der Waals surface area contributed by atoms with Crippen molar-refractivity contribution in [2.45, 2.75) is 5.41 Å². The maximum absolute atomic E-state index is 2.39. The van der Waals surface area contributed by atoms with Gasteiger partial charge in [0.15, 0.2) is 0 Å². The highest BCUT2D eigenvalue weighted by Gasteiger charge is 2.46. The van der Waals surface area contributed by atoms with Gasteiger partial charge in [-0.15, -0.1) is 11.3 Å². The first-order valence-electron chi connectivity index (χ1n) is 27.2. The van der Waals surface area contributed by atoms with Crippen LogP contribution in [0.1, 0.15) is 22.3 Å². The summed E-state index contributed by atoms with van der Waals surface area (Å²) in [5.41, 5.74) is 22.6. The first kappa shape index (κ1) is 46.4. The summed E-state index contributed by atoms with van der Waals surface area (Å²) in [6, 6.07) is 114. The summed E-state index contributed by atoms with van der Waals surface area (Å²) in [6.45, 7) is 0. The van der Waals surface area contributed by atoms with E-state index in [-0.39, 0.29) is 0 Å². The van der Waals surface area contributed by atoms with Crippen LogP contribution in [0.15, 0.2) is 309 Å². The van der Waals surface area contributed by atoms with E-state index in [2.05, 4.69) is 314 Å². The molecular weight excluding hydrogens is 971 g/mol. The van der Waals surface area contributed by atoms with Crippen molar-refractivity contribution in [3.05, 3.63) is 332 Å². The summed E-state index contributed by atoms with van der Waals surface area (Å²) in [6.07, 6.45) is 0. The minimum absolute atomic E-state index is 0.464. The van der Waals surface area contributed by atoms with Gasteiger partial charge < -0.3 is 4.90 Å². The topological polar surface area (TPSA) is 3.24 Å². The molecule has 1 aromatic heterocycles. The standard InChI is InChI=1S/C77H51NS/c1-3-20-62(21-4-1)77(63-22-5-2-6-23-63)71-28-11-9-24-69(71)75-67(26-14-29-72(75)77)56-40-46-65(47-41-56)78(66-48-42-57(43-49-66)68-27-15-31-74-76(68)70-25-10-12-30-73(70)79-74)64-44-38-54(39-45-64)53-32-34-55(35-33-53)59-18-13-19-60(50-59)61-37-36-52-16-7-8-17-58(52)51-61/h1-51H. The van der Waals surface area contributed by atoms with Crippen molar-refractivity contribution < 1.29 is 0 Å². The zero-order chi connectivity index (χ0) is 52.3. The van der Waals surface area contributed by atoms with Gasteiger partial charge in [0, 0.05) is 37.2 Å². The number of anilines is 3. The highest BCUT2D eigenvalue weighted by molar-refractivity contribution is 7.25. The number of rotatable bonds is 10. The van der Waals surface area contributed by atoms with Gasteiger partial charge in [-0.3, -0.25) is 0 Å². The molecule has 2 heteroatoms. The lowest BCUT2D eigenvalue weighted by atomic mass is 9.67. The molecule has 0 saturated heterocycles. The molecule has 0 spiro atoms. The van der Waals surface area contributed by atoms with E-state index in [9.17, 15) is 0 Å². The Kier molecular flexibility index (Phi) is 11.3. The van der Waals surface area contributed by atoms with E-state index in [0.29, 0.717) is 0 Å². The Labute approximate surface area is 465 Å². The number of fused-ring (bicyclic) bond motifs is 7. The van der Waals surface area contributed by atoms with Crippen molar-refractivity contribution in [2.24, 2.45) is 0 Å². The van der Waals surface area contributed by atoms with Gasteiger partial charge in [-0.1, -0.05) is 249 Å². The maximum atomic E-state index is 2.39. The van der Waals surface area contributed by atoms with Gasteiger partial charge in [-0.2, -0.15) is 0 Å². The molecule has 0 N–H and O–H groups in total. The lowest BCUT2D eigenvalue weighted by Gasteiger charge is -2.34. The highest BCUT2D eigenvalue weighted by atomic mass is 32.1. The van der Waals surface area contributed by atoms with Crippen LogP contribution in [0.2, 0.25) is 0 Å². The summed E-state index contributed by atoms with van der Waals surface area (Å²) in [4.78, 5) is 2.39. The fraction of sp³-hybridized carbons (Fsp3) is 0.0130. The fourth-order valence-electron chi connectivity index (χ4n) is 12.7. The van der Waals surface area contributed by atoms with E-state index < -0.39 is 5.41 Å². The maximum Gasteiger partial charge on any atom is 0.0713 e. The molecule has 0 bridgehead atoms. The number of thiophene rings is 1. The number of benzene rings is 13. The Bertz CT molecular complexity index is 4520. The largest absolute Gasteiger partial charge is 0.311 e. The monoisotopic (exact) mass is 1020 g/mol. The van der Waals surface area contributed by atoms with Crippen LogP contribution in [-0.2, 0) is 5.41 Å². The molecule has 14 aromatic rings. The van der Waals surface area contributed by atoms with Crippen molar-refractivity contribution in [1.29, 1.82) is 0 Å². The number of nitrogens with zero attached hydrogens (tertiary/aromatic N) is 1. The Morgan fingerprint density at radius 3 is 1.39 bits per heavy atom. The van der Waals surface area contributed by atoms with E-state index in [4.69, 9.17) is 0 Å². The molecule has 1 aliphatic rings. The van der Waals surface area contributed by atoms with Crippen LogP contribution in [0.25, 0.3) is 97.7 Å². The van der Waals surface area contributed by atoms with Gasteiger partial charge in [0.25, 0.3) is 0 Å². The van der Waals surface area contributed by atoms with Crippen LogP contribution in [0.5, 0.6) is 0 Å². The number of hydrogen-bond acceptors (Lipinski definition) is 2. The molecule has 0 saturated carbocycles. The second kappa shape index (κ2) is 19.3. The third kappa shape index (κ3) is 7.91. The lowest BCUT2D eigenvalue weighted by molar-refractivity contribution is 0.768. The van der Waals surface area contributed by atoms with E-state index in [0.717, 1.165) is 17.1 Å². The highest BCUT2D eigenvalue weighted by Crippen LogP contribution is 2.58. The Hall–Kier alpha value is -9.86. The molecule has 79 heavy (non-hydrogen) atoms. The van der Waals surface area contributed by atoms with Gasteiger partial charge in [0.1, 0.15) is 0 Å². The van der Waals surface area contributed by atoms with Crippen LogP contribution in [0.4, 0.5) is 17.1 Å². The molecule has 1 aliphatic carbocycles. The summed E-state index contributed by atoms with van der Waals surface area (Å²) in [7, 11) is 0. The first-order chi connectivity index (χ1) is 39.2. The van der Waals surface area contributed by atoms with E-state index in [1.54, 1.807) is 0 Å². The summed E-state index contributed by atoms with van der Waals surface area (Å²) in [5.74, 6) is 0. The minimum atomic E-state index is -0.464. The van der Waals surface area contributed by atoms with Crippen molar-refractivity contribution >= 4 is 59.3 Å². The molecular formula is C77H51NS. The van der Waals surface area contributed by atoms with Crippen LogP contribution in [0, 0.1) is 0 Å². The second-order valence-corrected chi connectivity index (χ2v) is 21.8. The average molecular weight is 1020 g/mol.